The monoisotopic (exact) mass is 392 g/mol. The molecule has 0 radical (unpaired) electrons. The Labute approximate surface area is 167 Å². The number of amides is 1. The first-order valence-electron chi connectivity index (χ1n) is 8.39. The Balaban J connectivity index is 2.09. The van der Waals surface area contributed by atoms with E-state index >= 15 is 0 Å². The third-order valence-corrected chi connectivity index (χ3v) is 4.56. The van der Waals surface area contributed by atoms with E-state index in [-0.39, 0.29) is 5.57 Å². The van der Waals surface area contributed by atoms with Gasteiger partial charge in [0.2, 0.25) is 0 Å². The summed E-state index contributed by atoms with van der Waals surface area (Å²) >= 11 is 6.08. The zero-order valence-electron chi connectivity index (χ0n) is 15.3. The molecule has 0 aromatic heterocycles. The van der Waals surface area contributed by atoms with Crippen LogP contribution in [0.3, 0.4) is 0 Å². The van der Waals surface area contributed by atoms with Crippen LogP contribution in [0, 0.1) is 11.3 Å². The third-order valence-electron chi connectivity index (χ3n) is 4.23. The van der Waals surface area contributed by atoms with Crippen molar-refractivity contribution in [1.82, 2.24) is 0 Å². The Morgan fingerprint density at radius 2 is 1.86 bits per heavy atom. The van der Waals surface area contributed by atoms with Crippen molar-refractivity contribution in [3.05, 3.63) is 70.8 Å². The standard InChI is InChI=1S/C22H17ClN2O3/c1-27-16-9-7-14-8-10-21(28-2)18(17(14)12-16)11-15(13-24)22(26)25-20-6-4-3-5-19(20)23/h3-12H,1-2H3,(H,25,26)/b15-11+. The highest BCUT2D eigenvalue weighted by Crippen LogP contribution is 2.32. The molecule has 3 aromatic carbocycles. The first-order valence-corrected chi connectivity index (χ1v) is 8.77. The van der Waals surface area contributed by atoms with Crippen molar-refractivity contribution in [2.45, 2.75) is 0 Å². The van der Waals surface area contributed by atoms with Crippen molar-refractivity contribution in [2.75, 3.05) is 19.5 Å². The van der Waals surface area contributed by atoms with Crippen molar-refractivity contribution in [1.29, 1.82) is 5.26 Å². The van der Waals surface area contributed by atoms with Crippen LogP contribution in [0.1, 0.15) is 5.56 Å². The number of methoxy groups -OCH3 is 2. The summed E-state index contributed by atoms with van der Waals surface area (Å²) in [6, 6.07) is 18.1. The number of nitrogens with zero attached hydrogens (tertiary/aromatic N) is 1. The molecule has 0 unspecified atom stereocenters. The number of halogens is 1. The highest BCUT2D eigenvalue weighted by molar-refractivity contribution is 6.34. The molecule has 0 spiro atoms. The molecule has 0 aliphatic carbocycles. The van der Waals surface area contributed by atoms with Gasteiger partial charge >= 0.3 is 0 Å². The van der Waals surface area contributed by atoms with Crippen LogP contribution in [0.25, 0.3) is 16.8 Å². The fourth-order valence-electron chi connectivity index (χ4n) is 2.80. The summed E-state index contributed by atoms with van der Waals surface area (Å²) < 4.78 is 10.7. The number of benzene rings is 3. The molecule has 6 heteroatoms. The summed E-state index contributed by atoms with van der Waals surface area (Å²) in [7, 11) is 3.11. The average Bonchev–Trinajstić information content (AvgIpc) is 2.72. The number of anilines is 1. The van der Waals surface area contributed by atoms with Gasteiger partial charge < -0.3 is 14.8 Å². The molecule has 0 saturated heterocycles. The smallest absolute Gasteiger partial charge is 0.266 e. The van der Waals surface area contributed by atoms with E-state index in [1.54, 1.807) is 37.4 Å². The summed E-state index contributed by atoms with van der Waals surface area (Å²) in [5.74, 6) is 0.644. The van der Waals surface area contributed by atoms with Crippen LogP contribution in [0.2, 0.25) is 5.02 Å². The second kappa shape index (κ2) is 8.47. The fraction of sp³-hybridized carbons (Fsp3) is 0.0909. The predicted molar refractivity (Wildman–Crippen MR) is 111 cm³/mol. The topological polar surface area (TPSA) is 71.3 Å². The predicted octanol–water partition coefficient (Wildman–Crippen LogP) is 5.06. The SMILES string of the molecule is COc1ccc2ccc(OC)c(/C=C(\C#N)C(=O)Nc3ccccc3Cl)c2c1. The molecule has 28 heavy (non-hydrogen) atoms. The van der Waals surface area contributed by atoms with Crippen LogP contribution in [0.5, 0.6) is 11.5 Å². The Kier molecular flexibility index (Phi) is 5.83. The summed E-state index contributed by atoms with van der Waals surface area (Å²) in [6.45, 7) is 0. The van der Waals surface area contributed by atoms with Crippen LogP contribution in [-0.2, 0) is 4.79 Å². The van der Waals surface area contributed by atoms with Crippen LogP contribution in [0.4, 0.5) is 5.69 Å². The highest BCUT2D eigenvalue weighted by Gasteiger charge is 2.15. The van der Waals surface area contributed by atoms with Crippen LogP contribution in [0.15, 0.2) is 60.2 Å². The number of hydrogen-bond acceptors (Lipinski definition) is 4. The average molecular weight is 393 g/mol. The van der Waals surface area contributed by atoms with Crippen molar-refractivity contribution < 1.29 is 14.3 Å². The van der Waals surface area contributed by atoms with Crippen molar-refractivity contribution >= 4 is 40.0 Å². The van der Waals surface area contributed by atoms with Gasteiger partial charge in [0.1, 0.15) is 23.1 Å². The van der Waals surface area contributed by atoms with Crippen molar-refractivity contribution in [3.63, 3.8) is 0 Å². The maximum Gasteiger partial charge on any atom is 0.266 e. The Hall–Kier alpha value is -3.49. The van der Waals surface area contributed by atoms with E-state index < -0.39 is 5.91 Å². The van der Waals surface area contributed by atoms with E-state index in [0.717, 1.165) is 10.8 Å². The molecule has 3 rings (SSSR count). The van der Waals surface area contributed by atoms with Gasteiger partial charge in [-0.1, -0.05) is 35.9 Å². The number of rotatable bonds is 5. The van der Waals surface area contributed by atoms with Gasteiger partial charge in [0.15, 0.2) is 0 Å². The second-order valence-corrected chi connectivity index (χ2v) is 6.28. The molecule has 0 fully saturated rings. The van der Waals surface area contributed by atoms with E-state index in [1.807, 2.05) is 30.3 Å². The molecule has 0 bridgehead atoms. The lowest BCUT2D eigenvalue weighted by Crippen LogP contribution is -2.13. The van der Waals surface area contributed by atoms with E-state index in [1.165, 1.54) is 13.2 Å². The van der Waals surface area contributed by atoms with Gasteiger partial charge in [-0.05, 0) is 47.2 Å². The molecule has 0 saturated carbocycles. The number of ether oxygens (including phenoxy) is 2. The molecular formula is C22H17ClN2O3. The van der Waals surface area contributed by atoms with Crippen LogP contribution < -0.4 is 14.8 Å². The quantitative estimate of drug-likeness (QED) is 0.486. The number of carbonyl (C=O) groups excluding carboxylic acids is 1. The van der Waals surface area contributed by atoms with Gasteiger partial charge in [0, 0.05) is 5.56 Å². The van der Waals surface area contributed by atoms with E-state index in [2.05, 4.69) is 5.32 Å². The van der Waals surface area contributed by atoms with E-state index in [9.17, 15) is 10.1 Å². The van der Waals surface area contributed by atoms with E-state index in [0.29, 0.717) is 27.8 Å². The molecule has 0 aliphatic heterocycles. The zero-order valence-corrected chi connectivity index (χ0v) is 16.1. The highest BCUT2D eigenvalue weighted by atomic mass is 35.5. The first-order chi connectivity index (χ1) is 13.6. The maximum atomic E-state index is 12.6. The number of para-hydroxylation sites is 1. The van der Waals surface area contributed by atoms with Gasteiger partial charge in [-0.2, -0.15) is 5.26 Å². The number of fused-ring (bicyclic) bond motifs is 1. The summed E-state index contributed by atoms with van der Waals surface area (Å²) in [5.41, 5.74) is 0.972. The van der Waals surface area contributed by atoms with Gasteiger partial charge in [0.25, 0.3) is 5.91 Å². The summed E-state index contributed by atoms with van der Waals surface area (Å²) in [4.78, 5) is 12.6. The van der Waals surface area contributed by atoms with Crippen molar-refractivity contribution in [3.8, 4) is 17.6 Å². The zero-order chi connectivity index (χ0) is 20.1. The lowest BCUT2D eigenvalue weighted by molar-refractivity contribution is -0.112. The lowest BCUT2D eigenvalue weighted by Gasteiger charge is -2.11. The minimum Gasteiger partial charge on any atom is -0.497 e. The molecule has 0 heterocycles. The number of nitriles is 1. The van der Waals surface area contributed by atoms with Gasteiger partial charge in [-0.15, -0.1) is 0 Å². The molecule has 1 N–H and O–H groups in total. The summed E-state index contributed by atoms with van der Waals surface area (Å²) in [6.07, 6.45) is 1.51. The Morgan fingerprint density at radius 1 is 1.11 bits per heavy atom. The minimum absolute atomic E-state index is 0.0754. The van der Waals surface area contributed by atoms with Gasteiger partial charge in [-0.3, -0.25) is 4.79 Å². The van der Waals surface area contributed by atoms with Crippen LogP contribution >= 0.6 is 11.6 Å². The number of hydrogen-bond donors (Lipinski definition) is 1. The molecule has 1 amide bonds. The fourth-order valence-corrected chi connectivity index (χ4v) is 2.98. The molecule has 0 aliphatic rings. The molecule has 3 aromatic rings. The molecular weight excluding hydrogens is 376 g/mol. The van der Waals surface area contributed by atoms with Crippen LogP contribution in [-0.4, -0.2) is 20.1 Å². The minimum atomic E-state index is -0.558. The maximum absolute atomic E-state index is 12.6. The van der Waals surface area contributed by atoms with Gasteiger partial charge in [0.05, 0.1) is 24.9 Å². The lowest BCUT2D eigenvalue weighted by atomic mass is 10.0. The number of nitrogens with one attached hydrogen (secondary N) is 1. The Morgan fingerprint density at radius 3 is 2.54 bits per heavy atom. The normalized spacial score (nSPS) is 11.0. The number of carbonyl (C=O) groups is 1. The van der Waals surface area contributed by atoms with Gasteiger partial charge in [-0.25, -0.2) is 0 Å². The molecule has 5 nitrogen and oxygen atoms in total. The second-order valence-electron chi connectivity index (χ2n) is 5.87. The first kappa shape index (κ1) is 19.3. The molecule has 0 atom stereocenters. The summed E-state index contributed by atoms with van der Waals surface area (Å²) in [5, 5.41) is 14.3. The third kappa shape index (κ3) is 3.93. The molecule has 140 valence electrons. The van der Waals surface area contributed by atoms with E-state index in [4.69, 9.17) is 21.1 Å². The van der Waals surface area contributed by atoms with Crippen molar-refractivity contribution in [2.24, 2.45) is 0 Å². The Bertz CT molecular complexity index is 1110. The largest absolute Gasteiger partial charge is 0.497 e.